The molecule has 0 saturated carbocycles. The predicted octanol–water partition coefficient (Wildman–Crippen LogP) is 1.39. The lowest BCUT2D eigenvalue weighted by Crippen LogP contribution is -2.09. The number of nitrogens with one attached hydrogen (secondary N) is 1. The van der Waals surface area contributed by atoms with Crippen molar-refractivity contribution in [1.29, 1.82) is 0 Å². The summed E-state index contributed by atoms with van der Waals surface area (Å²) in [4.78, 5) is 22.7. The Morgan fingerprint density at radius 3 is 3.00 bits per heavy atom. The Hall–Kier alpha value is -2.22. The van der Waals surface area contributed by atoms with Crippen molar-refractivity contribution < 1.29 is 4.74 Å². The summed E-state index contributed by atoms with van der Waals surface area (Å²) in [6.07, 6.45) is 2.95. The van der Waals surface area contributed by atoms with Crippen molar-refractivity contribution in [2.45, 2.75) is 6.61 Å². The average molecular weight is 336 g/mol. The summed E-state index contributed by atoms with van der Waals surface area (Å²) in [7, 11) is 1.78. The maximum Gasteiger partial charge on any atom is 0.262 e. The molecule has 3 rings (SSSR count). The second kappa shape index (κ2) is 5.04. The fourth-order valence-corrected chi connectivity index (χ4v) is 2.27. The normalized spacial score (nSPS) is 10.9. The number of benzene rings is 1. The van der Waals surface area contributed by atoms with Crippen LogP contribution in [0.15, 0.2) is 34.1 Å². The highest BCUT2D eigenvalue weighted by molar-refractivity contribution is 9.10. The number of hydrogen-bond donors (Lipinski definition) is 1. The molecule has 102 valence electrons. The fourth-order valence-electron chi connectivity index (χ4n) is 1.83. The van der Waals surface area contributed by atoms with E-state index in [1.807, 2.05) is 0 Å². The molecule has 0 aliphatic heterocycles. The van der Waals surface area contributed by atoms with Gasteiger partial charge in [-0.25, -0.2) is 9.97 Å². The molecule has 2 heterocycles. The van der Waals surface area contributed by atoms with E-state index in [-0.39, 0.29) is 12.2 Å². The number of aromatic amines is 1. The Balaban J connectivity index is 1.99. The summed E-state index contributed by atoms with van der Waals surface area (Å²) in [5.74, 6) is 0.994. The van der Waals surface area contributed by atoms with Crippen LogP contribution in [0.2, 0.25) is 0 Å². The predicted molar refractivity (Wildman–Crippen MR) is 75.4 cm³/mol. The van der Waals surface area contributed by atoms with Gasteiger partial charge in [0, 0.05) is 11.5 Å². The van der Waals surface area contributed by atoms with Crippen molar-refractivity contribution in [1.82, 2.24) is 24.7 Å². The Labute approximate surface area is 121 Å². The Morgan fingerprint density at radius 1 is 1.40 bits per heavy atom. The highest BCUT2D eigenvalue weighted by Crippen LogP contribution is 2.27. The van der Waals surface area contributed by atoms with Crippen LogP contribution < -0.4 is 10.3 Å². The van der Waals surface area contributed by atoms with E-state index in [1.54, 1.807) is 30.2 Å². The molecule has 0 atom stereocenters. The third-order valence-electron chi connectivity index (χ3n) is 2.71. The van der Waals surface area contributed by atoms with Gasteiger partial charge in [-0.15, -0.1) is 0 Å². The standard InChI is InChI=1S/C12H10BrN5O2/c1-18-6-16-9(17-18)4-20-8-3-2-7(13)11-10(8)12(19)15-5-14-11/h2-3,5-6H,4H2,1H3,(H,14,15,19). The van der Waals surface area contributed by atoms with Crippen LogP contribution >= 0.6 is 15.9 Å². The van der Waals surface area contributed by atoms with E-state index in [0.29, 0.717) is 22.5 Å². The van der Waals surface area contributed by atoms with Crippen LogP contribution in [0.1, 0.15) is 5.82 Å². The van der Waals surface area contributed by atoms with E-state index < -0.39 is 0 Å². The van der Waals surface area contributed by atoms with Gasteiger partial charge in [-0.1, -0.05) is 0 Å². The Kier molecular flexibility index (Phi) is 3.23. The molecule has 0 aliphatic rings. The third kappa shape index (κ3) is 2.29. The topological polar surface area (TPSA) is 85.7 Å². The zero-order chi connectivity index (χ0) is 14.1. The molecule has 0 bridgehead atoms. The number of aryl methyl sites for hydroxylation is 1. The molecular weight excluding hydrogens is 326 g/mol. The molecule has 0 radical (unpaired) electrons. The highest BCUT2D eigenvalue weighted by atomic mass is 79.9. The molecular formula is C12H10BrN5O2. The molecule has 0 unspecified atom stereocenters. The minimum absolute atomic E-state index is 0.186. The van der Waals surface area contributed by atoms with E-state index in [1.165, 1.54) is 6.33 Å². The van der Waals surface area contributed by atoms with E-state index in [0.717, 1.165) is 4.47 Å². The Bertz CT molecular complexity index is 826. The molecule has 20 heavy (non-hydrogen) atoms. The number of rotatable bonds is 3. The van der Waals surface area contributed by atoms with E-state index >= 15 is 0 Å². The molecule has 0 saturated heterocycles. The molecule has 0 amide bonds. The SMILES string of the molecule is Cn1cnc(COc2ccc(Br)c3nc[nH]c(=O)c23)n1. The minimum atomic E-state index is -0.250. The van der Waals surface area contributed by atoms with Gasteiger partial charge in [-0.3, -0.25) is 9.48 Å². The largest absolute Gasteiger partial charge is 0.485 e. The number of fused-ring (bicyclic) bond motifs is 1. The molecule has 0 fully saturated rings. The molecule has 3 aromatic rings. The lowest BCUT2D eigenvalue weighted by molar-refractivity contribution is 0.299. The maximum absolute atomic E-state index is 11.9. The second-order valence-electron chi connectivity index (χ2n) is 4.12. The number of H-pyrrole nitrogens is 1. The highest BCUT2D eigenvalue weighted by Gasteiger charge is 2.11. The van der Waals surface area contributed by atoms with Crippen molar-refractivity contribution in [2.75, 3.05) is 0 Å². The third-order valence-corrected chi connectivity index (χ3v) is 3.35. The smallest absolute Gasteiger partial charge is 0.262 e. The zero-order valence-corrected chi connectivity index (χ0v) is 12.1. The van der Waals surface area contributed by atoms with Gasteiger partial charge in [0.1, 0.15) is 24.1 Å². The first-order valence-corrected chi connectivity index (χ1v) is 6.57. The van der Waals surface area contributed by atoms with Crippen molar-refractivity contribution in [3.63, 3.8) is 0 Å². The lowest BCUT2D eigenvalue weighted by atomic mass is 10.2. The Morgan fingerprint density at radius 2 is 2.25 bits per heavy atom. The molecule has 0 spiro atoms. The average Bonchev–Trinajstić information content (AvgIpc) is 2.85. The summed E-state index contributed by atoms with van der Waals surface area (Å²) in [5.41, 5.74) is 0.306. The zero-order valence-electron chi connectivity index (χ0n) is 10.5. The van der Waals surface area contributed by atoms with Crippen molar-refractivity contribution in [3.05, 3.63) is 45.4 Å². The number of aromatic nitrogens is 5. The van der Waals surface area contributed by atoms with Crippen LogP contribution in [-0.4, -0.2) is 24.7 Å². The first-order valence-electron chi connectivity index (χ1n) is 5.78. The van der Waals surface area contributed by atoms with Crippen LogP contribution in [0.5, 0.6) is 5.75 Å². The molecule has 1 N–H and O–H groups in total. The number of hydrogen-bond acceptors (Lipinski definition) is 5. The second-order valence-corrected chi connectivity index (χ2v) is 4.98. The van der Waals surface area contributed by atoms with Crippen LogP contribution in [0.4, 0.5) is 0 Å². The van der Waals surface area contributed by atoms with Gasteiger partial charge in [0.05, 0.1) is 11.8 Å². The summed E-state index contributed by atoms with van der Waals surface area (Å²) in [5, 5.41) is 4.52. The van der Waals surface area contributed by atoms with Crippen LogP contribution in [0, 0.1) is 0 Å². The molecule has 2 aromatic heterocycles. The minimum Gasteiger partial charge on any atom is -0.485 e. The summed E-state index contributed by atoms with van der Waals surface area (Å²) in [6.45, 7) is 0.186. The van der Waals surface area contributed by atoms with Crippen molar-refractivity contribution in [3.8, 4) is 5.75 Å². The van der Waals surface area contributed by atoms with Crippen LogP contribution in [0.3, 0.4) is 0 Å². The van der Waals surface area contributed by atoms with Gasteiger partial charge in [-0.2, -0.15) is 5.10 Å². The molecule has 7 nitrogen and oxygen atoms in total. The number of halogens is 1. The first-order chi connectivity index (χ1) is 9.65. The maximum atomic E-state index is 11.9. The quantitative estimate of drug-likeness (QED) is 0.781. The summed E-state index contributed by atoms with van der Waals surface area (Å²) in [6, 6.07) is 3.50. The number of nitrogens with zero attached hydrogens (tertiary/aromatic N) is 4. The van der Waals surface area contributed by atoms with E-state index in [4.69, 9.17) is 4.74 Å². The van der Waals surface area contributed by atoms with Crippen LogP contribution in [-0.2, 0) is 13.7 Å². The van der Waals surface area contributed by atoms with Gasteiger partial charge < -0.3 is 9.72 Å². The summed E-state index contributed by atoms with van der Waals surface area (Å²) >= 11 is 3.37. The summed E-state index contributed by atoms with van der Waals surface area (Å²) < 4.78 is 7.96. The fraction of sp³-hybridized carbons (Fsp3) is 0.167. The van der Waals surface area contributed by atoms with E-state index in [9.17, 15) is 4.79 Å². The molecule has 8 heteroatoms. The van der Waals surface area contributed by atoms with Crippen LogP contribution in [0.25, 0.3) is 10.9 Å². The van der Waals surface area contributed by atoms with Gasteiger partial charge in [-0.05, 0) is 28.1 Å². The van der Waals surface area contributed by atoms with Gasteiger partial charge in [0.15, 0.2) is 5.82 Å². The van der Waals surface area contributed by atoms with Crippen molar-refractivity contribution >= 4 is 26.8 Å². The lowest BCUT2D eigenvalue weighted by Gasteiger charge is -2.07. The number of ether oxygens (including phenoxy) is 1. The molecule has 1 aromatic carbocycles. The first kappa shape index (κ1) is 12.8. The molecule has 0 aliphatic carbocycles. The van der Waals surface area contributed by atoms with Crippen molar-refractivity contribution in [2.24, 2.45) is 7.05 Å². The van der Waals surface area contributed by atoms with Gasteiger partial charge >= 0.3 is 0 Å². The van der Waals surface area contributed by atoms with E-state index in [2.05, 4.69) is 36.0 Å². The van der Waals surface area contributed by atoms with Gasteiger partial charge in [0.25, 0.3) is 5.56 Å². The van der Waals surface area contributed by atoms with Gasteiger partial charge in [0.2, 0.25) is 0 Å². The monoisotopic (exact) mass is 335 g/mol.